The van der Waals surface area contributed by atoms with Crippen molar-refractivity contribution in [1.82, 2.24) is 0 Å². The van der Waals surface area contributed by atoms with Crippen molar-refractivity contribution in [2.75, 3.05) is 0 Å². The summed E-state index contributed by atoms with van der Waals surface area (Å²) in [6, 6.07) is 6.62. The molecule has 0 saturated carbocycles. The van der Waals surface area contributed by atoms with Gasteiger partial charge in [-0.1, -0.05) is 35.9 Å². The van der Waals surface area contributed by atoms with Gasteiger partial charge in [0.1, 0.15) is 0 Å². The van der Waals surface area contributed by atoms with Crippen molar-refractivity contribution < 1.29 is 20.8 Å². The number of halogens is 2. The number of fused-ring (bicyclic) bond motifs is 1. The van der Waals surface area contributed by atoms with E-state index in [1.807, 2.05) is 0 Å². The molecule has 0 amide bonds. The Balaban J connectivity index is 0.000000251. The van der Waals surface area contributed by atoms with E-state index in [-0.39, 0.29) is 0 Å². The van der Waals surface area contributed by atoms with Gasteiger partial charge in [0.15, 0.2) is 0 Å². The number of rotatable bonds is 0. The molecule has 3 heteroatoms. The summed E-state index contributed by atoms with van der Waals surface area (Å²) in [5.41, 5.74) is 4.22. The second-order valence-electron chi connectivity index (χ2n) is 2.88. The monoisotopic (exact) mass is 290 g/mol. The Morgan fingerprint density at radius 3 is 2.69 bits per heavy atom. The number of allylic oxidation sites excluding steroid dienone is 1. The average molecular weight is 292 g/mol. The van der Waals surface area contributed by atoms with Crippen LogP contribution >= 0.6 is 17.0 Å². The number of benzene rings is 1. The summed E-state index contributed by atoms with van der Waals surface area (Å²) in [6.45, 7) is 2.13. The SMILES string of the molecule is Cc1ccc2c(c1)C=CC2.[Cl][Zr][Cl]. The van der Waals surface area contributed by atoms with Crippen LogP contribution in [0.4, 0.5) is 0 Å². The molecule has 0 saturated heterocycles. The summed E-state index contributed by atoms with van der Waals surface area (Å²) in [5, 5.41) is 0. The number of aryl methyl sites for hydroxylation is 1. The maximum atomic E-state index is 4.93. The minimum atomic E-state index is -0.826. The Morgan fingerprint density at radius 2 is 2.00 bits per heavy atom. The topological polar surface area (TPSA) is 0 Å². The Morgan fingerprint density at radius 1 is 1.31 bits per heavy atom. The van der Waals surface area contributed by atoms with Gasteiger partial charge in [0, 0.05) is 0 Å². The first-order valence-corrected chi connectivity index (χ1v) is 10.3. The van der Waals surface area contributed by atoms with E-state index in [1.165, 1.54) is 16.7 Å². The van der Waals surface area contributed by atoms with Gasteiger partial charge in [0.25, 0.3) is 0 Å². The Bertz CT molecular complexity index is 308. The molecule has 2 rings (SSSR count). The molecule has 1 aromatic carbocycles. The minimum absolute atomic E-state index is 0.826. The Hall–Kier alpha value is 0.423. The van der Waals surface area contributed by atoms with Gasteiger partial charge in [-0.2, -0.15) is 0 Å². The van der Waals surface area contributed by atoms with E-state index in [1.54, 1.807) is 0 Å². The second-order valence-corrected chi connectivity index (χ2v) is 6.61. The fourth-order valence-corrected chi connectivity index (χ4v) is 1.37. The fourth-order valence-electron chi connectivity index (χ4n) is 1.37. The third kappa shape index (κ3) is 3.58. The molecule has 0 aliphatic heterocycles. The van der Waals surface area contributed by atoms with Gasteiger partial charge < -0.3 is 0 Å². The molecule has 1 aliphatic rings. The summed E-state index contributed by atoms with van der Waals surface area (Å²) in [4.78, 5) is 0. The molecule has 0 heterocycles. The zero-order chi connectivity index (χ0) is 9.68. The van der Waals surface area contributed by atoms with Gasteiger partial charge in [-0.3, -0.25) is 0 Å². The summed E-state index contributed by atoms with van der Waals surface area (Å²) in [6.07, 6.45) is 5.53. The first-order valence-electron chi connectivity index (χ1n) is 4.00. The van der Waals surface area contributed by atoms with E-state index in [9.17, 15) is 0 Å². The second kappa shape index (κ2) is 6.01. The van der Waals surface area contributed by atoms with Crippen LogP contribution < -0.4 is 0 Å². The van der Waals surface area contributed by atoms with Crippen LogP contribution in [0.3, 0.4) is 0 Å². The molecule has 0 fully saturated rings. The Labute approximate surface area is 97.6 Å². The molecule has 13 heavy (non-hydrogen) atoms. The first kappa shape index (κ1) is 11.5. The van der Waals surface area contributed by atoms with E-state index in [0.717, 1.165) is 6.42 Å². The molecule has 0 radical (unpaired) electrons. The normalized spacial score (nSPS) is 11.6. The molecule has 0 atom stereocenters. The van der Waals surface area contributed by atoms with Crippen LogP contribution in [0.15, 0.2) is 24.3 Å². The maximum absolute atomic E-state index is 4.93. The molecule has 0 bridgehead atoms. The van der Waals surface area contributed by atoms with E-state index < -0.39 is 20.8 Å². The molecular weight excluding hydrogens is 282 g/mol. The van der Waals surface area contributed by atoms with Crippen molar-refractivity contribution in [3.05, 3.63) is 41.0 Å². The zero-order valence-electron chi connectivity index (χ0n) is 7.35. The molecule has 0 spiro atoms. The predicted octanol–water partition coefficient (Wildman–Crippen LogP) is 3.94. The van der Waals surface area contributed by atoms with Crippen LogP contribution in [-0.2, 0) is 27.3 Å². The standard InChI is InChI=1S/C10H10.2ClH.Zr/c1-8-5-6-9-3-2-4-10(9)7-8;;;/h2,4-7H,3H2,1H3;2*1H;/q;;;+2/p-2. The van der Waals surface area contributed by atoms with Gasteiger partial charge in [0.05, 0.1) is 0 Å². The number of hydrogen-bond acceptors (Lipinski definition) is 0. The number of hydrogen-bond donors (Lipinski definition) is 0. The molecule has 0 nitrogen and oxygen atoms in total. The van der Waals surface area contributed by atoms with Crippen molar-refractivity contribution >= 4 is 23.1 Å². The molecular formula is C10H10Cl2Zr. The van der Waals surface area contributed by atoms with Crippen molar-refractivity contribution in [3.63, 3.8) is 0 Å². The van der Waals surface area contributed by atoms with Crippen molar-refractivity contribution in [2.45, 2.75) is 13.3 Å². The molecule has 1 aliphatic carbocycles. The summed E-state index contributed by atoms with van der Waals surface area (Å²) in [5.74, 6) is 0. The predicted molar refractivity (Wildman–Crippen MR) is 55.6 cm³/mol. The van der Waals surface area contributed by atoms with E-state index in [2.05, 4.69) is 37.3 Å². The summed E-state index contributed by atoms with van der Waals surface area (Å²) >= 11 is -0.826. The van der Waals surface area contributed by atoms with Crippen molar-refractivity contribution in [3.8, 4) is 0 Å². The summed E-state index contributed by atoms with van der Waals surface area (Å²) in [7, 11) is 9.87. The van der Waals surface area contributed by atoms with Crippen LogP contribution in [0.2, 0.25) is 0 Å². The van der Waals surface area contributed by atoms with Gasteiger partial charge >= 0.3 is 37.9 Å². The van der Waals surface area contributed by atoms with E-state index in [4.69, 9.17) is 17.0 Å². The first-order chi connectivity index (χ1) is 6.27. The quantitative estimate of drug-likeness (QED) is 0.679. The molecule has 68 valence electrons. The van der Waals surface area contributed by atoms with Crippen LogP contribution in [0, 0.1) is 6.92 Å². The molecule has 0 aromatic heterocycles. The molecule has 0 N–H and O–H groups in total. The molecule has 0 unspecified atom stereocenters. The average Bonchev–Trinajstić information content (AvgIpc) is 2.52. The van der Waals surface area contributed by atoms with E-state index in [0.29, 0.717) is 0 Å². The molecule has 1 aromatic rings. The fraction of sp³-hybridized carbons (Fsp3) is 0.200. The van der Waals surface area contributed by atoms with Crippen LogP contribution in [0.25, 0.3) is 6.08 Å². The van der Waals surface area contributed by atoms with Crippen molar-refractivity contribution in [2.24, 2.45) is 0 Å². The van der Waals surface area contributed by atoms with Crippen LogP contribution in [0.1, 0.15) is 16.7 Å². The third-order valence-corrected chi connectivity index (χ3v) is 1.94. The Kier molecular flexibility index (Phi) is 5.32. The van der Waals surface area contributed by atoms with Gasteiger partial charge in [0.2, 0.25) is 0 Å². The van der Waals surface area contributed by atoms with E-state index >= 15 is 0 Å². The zero-order valence-corrected chi connectivity index (χ0v) is 11.3. The third-order valence-electron chi connectivity index (χ3n) is 1.94. The summed E-state index contributed by atoms with van der Waals surface area (Å²) < 4.78 is 0. The van der Waals surface area contributed by atoms with Gasteiger partial charge in [-0.05, 0) is 24.5 Å². The van der Waals surface area contributed by atoms with Crippen molar-refractivity contribution in [1.29, 1.82) is 0 Å². The van der Waals surface area contributed by atoms with Crippen LogP contribution in [0.5, 0.6) is 0 Å². The van der Waals surface area contributed by atoms with Crippen LogP contribution in [-0.4, -0.2) is 0 Å². The van der Waals surface area contributed by atoms with Gasteiger partial charge in [-0.15, -0.1) is 0 Å². The van der Waals surface area contributed by atoms with Gasteiger partial charge in [-0.25, -0.2) is 0 Å².